The van der Waals surface area contributed by atoms with Gasteiger partial charge in [0.1, 0.15) is 12.4 Å². The van der Waals surface area contributed by atoms with Gasteiger partial charge in [-0.25, -0.2) is 4.99 Å². The molecule has 2 aromatic carbocycles. The van der Waals surface area contributed by atoms with E-state index in [-0.39, 0.29) is 12.5 Å². The third-order valence-electron chi connectivity index (χ3n) is 3.86. The molecule has 3 N–H and O–H groups in total. The summed E-state index contributed by atoms with van der Waals surface area (Å²) in [5, 5.41) is 8.87. The predicted octanol–water partition coefficient (Wildman–Crippen LogP) is 3.80. The Balaban J connectivity index is 1.84. The number of anilines is 1. The summed E-state index contributed by atoms with van der Waals surface area (Å²) in [6, 6.07) is 12.0. The molecule has 0 fully saturated rings. The van der Waals surface area contributed by atoms with Gasteiger partial charge in [0.15, 0.2) is 5.96 Å². The number of alkyl halides is 3. The van der Waals surface area contributed by atoms with Gasteiger partial charge < -0.3 is 20.7 Å². The van der Waals surface area contributed by atoms with Crippen LogP contribution in [0.3, 0.4) is 0 Å². The van der Waals surface area contributed by atoms with Gasteiger partial charge in [-0.2, -0.15) is 13.2 Å². The molecule has 0 saturated heterocycles. The standard InChI is InChI=1S/C21H25F3N4O2/c1-3-25-20(27-14-16-7-9-17(10-8-16)21(22,23)24)26-11-12-30-19-6-4-5-18(13-19)28-15(2)29/h4-10,13H,3,11-12,14H2,1-2H3,(H,28,29)(H2,25,26,27). The van der Waals surface area contributed by atoms with E-state index in [1.165, 1.54) is 19.1 Å². The zero-order valence-corrected chi connectivity index (χ0v) is 16.8. The minimum Gasteiger partial charge on any atom is -0.492 e. The van der Waals surface area contributed by atoms with Crippen LogP contribution in [0.4, 0.5) is 18.9 Å². The first kappa shape index (κ1) is 23.1. The number of nitrogens with zero attached hydrogens (tertiary/aromatic N) is 1. The summed E-state index contributed by atoms with van der Waals surface area (Å²) in [4.78, 5) is 15.5. The third kappa shape index (κ3) is 8.02. The van der Waals surface area contributed by atoms with Crippen molar-refractivity contribution in [2.75, 3.05) is 25.0 Å². The van der Waals surface area contributed by atoms with E-state index in [9.17, 15) is 18.0 Å². The van der Waals surface area contributed by atoms with Gasteiger partial charge in [-0.3, -0.25) is 4.79 Å². The monoisotopic (exact) mass is 422 g/mol. The van der Waals surface area contributed by atoms with Crippen LogP contribution in [0, 0.1) is 0 Å². The molecule has 6 nitrogen and oxygen atoms in total. The molecule has 0 aliphatic carbocycles. The summed E-state index contributed by atoms with van der Waals surface area (Å²) in [6.07, 6.45) is -4.35. The predicted molar refractivity (Wildman–Crippen MR) is 111 cm³/mol. The number of hydrogen-bond donors (Lipinski definition) is 3. The highest BCUT2D eigenvalue weighted by Crippen LogP contribution is 2.29. The zero-order valence-electron chi connectivity index (χ0n) is 16.8. The molecule has 30 heavy (non-hydrogen) atoms. The Bertz CT molecular complexity index is 852. The van der Waals surface area contributed by atoms with Crippen LogP contribution in [0.5, 0.6) is 5.75 Å². The van der Waals surface area contributed by atoms with Gasteiger partial charge >= 0.3 is 6.18 Å². The SMILES string of the molecule is CCNC(=NCc1ccc(C(F)(F)F)cc1)NCCOc1cccc(NC(C)=O)c1. The number of hydrogen-bond acceptors (Lipinski definition) is 3. The number of amides is 1. The Kier molecular flexibility index (Phi) is 8.52. The van der Waals surface area contributed by atoms with E-state index in [0.717, 1.165) is 12.1 Å². The number of nitrogens with one attached hydrogen (secondary N) is 3. The lowest BCUT2D eigenvalue weighted by molar-refractivity contribution is -0.137. The average Bonchev–Trinajstić information content (AvgIpc) is 2.68. The molecular formula is C21H25F3N4O2. The molecule has 0 spiro atoms. The van der Waals surface area contributed by atoms with Gasteiger partial charge in [0.2, 0.25) is 5.91 Å². The highest BCUT2D eigenvalue weighted by atomic mass is 19.4. The Morgan fingerprint density at radius 1 is 1.10 bits per heavy atom. The Morgan fingerprint density at radius 2 is 1.83 bits per heavy atom. The Labute approximate surface area is 173 Å². The molecular weight excluding hydrogens is 397 g/mol. The molecule has 0 radical (unpaired) electrons. The Hall–Kier alpha value is -3.23. The van der Waals surface area contributed by atoms with E-state index >= 15 is 0 Å². The number of benzene rings is 2. The van der Waals surface area contributed by atoms with Crippen LogP contribution in [-0.4, -0.2) is 31.6 Å². The number of carbonyl (C=O) groups excluding carboxylic acids is 1. The van der Waals surface area contributed by atoms with E-state index in [2.05, 4.69) is 20.9 Å². The number of rotatable bonds is 8. The van der Waals surface area contributed by atoms with Crippen molar-refractivity contribution in [2.24, 2.45) is 4.99 Å². The van der Waals surface area contributed by atoms with Gasteiger partial charge in [-0.1, -0.05) is 18.2 Å². The van der Waals surface area contributed by atoms with E-state index in [1.54, 1.807) is 24.3 Å². The minimum atomic E-state index is -4.35. The lowest BCUT2D eigenvalue weighted by atomic mass is 10.1. The van der Waals surface area contributed by atoms with E-state index in [0.29, 0.717) is 42.7 Å². The third-order valence-corrected chi connectivity index (χ3v) is 3.86. The normalized spacial score (nSPS) is 11.7. The molecule has 0 aliphatic rings. The van der Waals surface area contributed by atoms with E-state index < -0.39 is 11.7 Å². The number of guanidine groups is 1. The summed E-state index contributed by atoms with van der Waals surface area (Å²) >= 11 is 0. The van der Waals surface area contributed by atoms with Crippen molar-refractivity contribution >= 4 is 17.6 Å². The van der Waals surface area contributed by atoms with Crippen molar-refractivity contribution < 1.29 is 22.7 Å². The topological polar surface area (TPSA) is 74.8 Å². The maximum Gasteiger partial charge on any atom is 0.416 e. The first-order chi connectivity index (χ1) is 14.3. The minimum absolute atomic E-state index is 0.159. The molecule has 9 heteroatoms. The van der Waals surface area contributed by atoms with Gasteiger partial charge in [0.05, 0.1) is 18.7 Å². The molecule has 0 bridgehead atoms. The van der Waals surface area contributed by atoms with Crippen molar-refractivity contribution in [1.82, 2.24) is 10.6 Å². The summed E-state index contributed by atoms with van der Waals surface area (Å²) < 4.78 is 43.6. The van der Waals surface area contributed by atoms with Gasteiger partial charge in [0.25, 0.3) is 0 Å². The summed E-state index contributed by atoms with van der Waals surface area (Å²) in [5.41, 5.74) is 0.644. The van der Waals surface area contributed by atoms with Crippen LogP contribution in [0.25, 0.3) is 0 Å². The fourth-order valence-corrected chi connectivity index (χ4v) is 2.52. The van der Waals surface area contributed by atoms with Crippen LogP contribution in [0.2, 0.25) is 0 Å². The number of carbonyl (C=O) groups is 1. The molecule has 0 aromatic heterocycles. The van der Waals surface area contributed by atoms with Gasteiger partial charge in [-0.05, 0) is 36.8 Å². The molecule has 0 heterocycles. The van der Waals surface area contributed by atoms with Crippen LogP contribution in [0.1, 0.15) is 25.0 Å². The van der Waals surface area contributed by atoms with E-state index in [1.807, 2.05) is 6.92 Å². The van der Waals surface area contributed by atoms with Gasteiger partial charge in [-0.15, -0.1) is 0 Å². The summed E-state index contributed by atoms with van der Waals surface area (Å²) in [7, 11) is 0. The highest BCUT2D eigenvalue weighted by molar-refractivity contribution is 5.88. The van der Waals surface area contributed by atoms with Crippen LogP contribution in [0.15, 0.2) is 53.5 Å². The number of aliphatic imine (C=N–C) groups is 1. The number of ether oxygens (including phenoxy) is 1. The Morgan fingerprint density at radius 3 is 2.47 bits per heavy atom. The van der Waals surface area contributed by atoms with Crippen molar-refractivity contribution in [1.29, 1.82) is 0 Å². The van der Waals surface area contributed by atoms with Crippen molar-refractivity contribution in [2.45, 2.75) is 26.6 Å². The zero-order chi connectivity index (χ0) is 22.0. The van der Waals surface area contributed by atoms with E-state index in [4.69, 9.17) is 4.74 Å². The summed E-state index contributed by atoms with van der Waals surface area (Å²) in [5.74, 6) is 0.996. The lowest BCUT2D eigenvalue weighted by Crippen LogP contribution is -2.39. The largest absolute Gasteiger partial charge is 0.492 e. The first-order valence-corrected chi connectivity index (χ1v) is 9.46. The number of halogens is 3. The van der Waals surface area contributed by atoms with Crippen LogP contribution >= 0.6 is 0 Å². The molecule has 0 atom stereocenters. The molecule has 0 unspecified atom stereocenters. The lowest BCUT2D eigenvalue weighted by Gasteiger charge is -2.13. The van der Waals surface area contributed by atoms with Crippen molar-refractivity contribution in [3.05, 3.63) is 59.7 Å². The molecule has 2 rings (SSSR count). The highest BCUT2D eigenvalue weighted by Gasteiger charge is 2.29. The quantitative estimate of drug-likeness (QED) is 0.344. The van der Waals surface area contributed by atoms with Crippen LogP contribution in [-0.2, 0) is 17.5 Å². The second-order valence-electron chi connectivity index (χ2n) is 6.37. The van der Waals surface area contributed by atoms with Crippen molar-refractivity contribution in [3.8, 4) is 5.75 Å². The maximum absolute atomic E-state index is 12.6. The molecule has 1 amide bonds. The van der Waals surface area contributed by atoms with Crippen LogP contribution < -0.4 is 20.7 Å². The maximum atomic E-state index is 12.6. The molecule has 0 saturated carbocycles. The first-order valence-electron chi connectivity index (χ1n) is 9.46. The molecule has 0 aliphatic heterocycles. The summed E-state index contributed by atoms with van der Waals surface area (Å²) in [6.45, 7) is 5.05. The second kappa shape index (κ2) is 11.1. The molecule has 162 valence electrons. The van der Waals surface area contributed by atoms with Gasteiger partial charge in [0, 0.05) is 25.2 Å². The van der Waals surface area contributed by atoms with Crippen molar-refractivity contribution in [3.63, 3.8) is 0 Å². The second-order valence-corrected chi connectivity index (χ2v) is 6.37. The average molecular weight is 422 g/mol. The fourth-order valence-electron chi connectivity index (χ4n) is 2.52. The smallest absolute Gasteiger partial charge is 0.416 e. The fraction of sp³-hybridized carbons (Fsp3) is 0.333. The molecule has 2 aromatic rings.